The molecule has 2 rings (SSSR count). The van der Waals surface area contributed by atoms with Gasteiger partial charge in [-0.25, -0.2) is 4.68 Å². The molecule has 0 aliphatic rings. The fourth-order valence-corrected chi connectivity index (χ4v) is 1.63. The maximum Gasteiger partial charge on any atom is 0.248 e. The van der Waals surface area contributed by atoms with Crippen molar-refractivity contribution in [3.05, 3.63) is 23.6 Å². The predicted molar refractivity (Wildman–Crippen MR) is 64.8 cm³/mol. The van der Waals surface area contributed by atoms with Crippen LogP contribution in [0.25, 0.3) is 0 Å². The van der Waals surface area contributed by atoms with Crippen molar-refractivity contribution in [2.45, 2.75) is 39.2 Å². The zero-order valence-corrected chi connectivity index (χ0v) is 10.5. The van der Waals surface area contributed by atoms with E-state index in [2.05, 4.69) is 27.4 Å². The Kier molecular flexibility index (Phi) is 4.40. The second kappa shape index (κ2) is 6.25. The van der Waals surface area contributed by atoms with Crippen molar-refractivity contribution in [1.29, 1.82) is 0 Å². The summed E-state index contributed by atoms with van der Waals surface area (Å²) in [6, 6.07) is 0. The van der Waals surface area contributed by atoms with Crippen LogP contribution in [0.5, 0.6) is 0 Å². The first-order valence-electron chi connectivity index (χ1n) is 6.22. The lowest BCUT2D eigenvalue weighted by Crippen LogP contribution is -2.01. The number of rotatable bonds is 7. The highest BCUT2D eigenvalue weighted by Crippen LogP contribution is 2.03. The van der Waals surface area contributed by atoms with Crippen LogP contribution in [-0.4, -0.2) is 31.7 Å². The summed E-state index contributed by atoms with van der Waals surface area (Å²) in [5.74, 6) is 1.31. The molecule has 0 amide bonds. The molecule has 0 fully saturated rings. The topological polar surface area (TPSA) is 95.7 Å². The van der Waals surface area contributed by atoms with E-state index in [1.807, 2.05) is 6.20 Å². The van der Waals surface area contributed by atoms with Crippen LogP contribution in [0, 0.1) is 0 Å². The van der Waals surface area contributed by atoms with Crippen LogP contribution < -0.4 is 5.73 Å². The van der Waals surface area contributed by atoms with Crippen LogP contribution in [0.3, 0.4) is 0 Å². The number of hydrogen-bond donors (Lipinski definition) is 1. The van der Waals surface area contributed by atoms with Crippen LogP contribution in [0.4, 0.5) is 0 Å². The van der Waals surface area contributed by atoms with Crippen LogP contribution in [-0.2, 0) is 19.4 Å². The van der Waals surface area contributed by atoms with Crippen molar-refractivity contribution in [2.75, 3.05) is 6.54 Å². The van der Waals surface area contributed by atoms with Gasteiger partial charge in [0.15, 0.2) is 5.82 Å². The van der Waals surface area contributed by atoms with Gasteiger partial charge in [0.2, 0.25) is 5.89 Å². The van der Waals surface area contributed by atoms with Gasteiger partial charge in [-0.1, -0.05) is 17.3 Å². The highest BCUT2D eigenvalue weighted by Gasteiger charge is 2.08. The first-order valence-corrected chi connectivity index (χ1v) is 6.22. The van der Waals surface area contributed by atoms with Gasteiger partial charge in [-0.3, -0.25) is 0 Å². The van der Waals surface area contributed by atoms with Gasteiger partial charge in [0, 0.05) is 12.6 Å². The van der Waals surface area contributed by atoms with E-state index >= 15 is 0 Å². The number of aryl methyl sites for hydroxylation is 2. The van der Waals surface area contributed by atoms with Crippen molar-refractivity contribution >= 4 is 0 Å². The Morgan fingerprint density at radius 2 is 2.28 bits per heavy atom. The Morgan fingerprint density at radius 1 is 1.39 bits per heavy atom. The fraction of sp³-hybridized carbons (Fsp3) is 0.636. The Balaban J connectivity index is 1.93. The monoisotopic (exact) mass is 250 g/mol. The summed E-state index contributed by atoms with van der Waals surface area (Å²) in [4.78, 5) is 4.28. The smallest absolute Gasteiger partial charge is 0.248 e. The van der Waals surface area contributed by atoms with Gasteiger partial charge in [-0.15, -0.1) is 5.10 Å². The minimum absolute atomic E-state index is 0.465. The molecule has 98 valence electrons. The summed E-state index contributed by atoms with van der Waals surface area (Å²) in [5, 5.41) is 12.0. The van der Waals surface area contributed by atoms with E-state index in [1.165, 1.54) is 0 Å². The normalized spacial score (nSPS) is 11.0. The summed E-state index contributed by atoms with van der Waals surface area (Å²) in [7, 11) is 0. The van der Waals surface area contributed by atoms with Crippen molar-refractivity contribution in [1.82, 2.24) is 25.1 Å². The van der Waals surface area contributed by atoms with Gasteiger partial charge in [0.1, 0.15) is 6.54 Å². The molecule has 2 aromatic rings. The second-order valence-electron chi connectivity index (χ2n) is 4.15. The van der Waals surface area contributed by atoms with Gasteiger partial charge in [-0.05, 0) is 25.8 Å². The molecule has 0 radical (unpaired) electrons. The third-order valence-electron chi connectivity index (χ3n) is 2.50. The molecule has 0 atom stereocenters. The molecule has 18 heavy (non-hydrogen) atoms. The van der Waals surface area contributed by atoms with Crippen molar-refractivity contribution in [3.63, 3.8) is 0 Å². The summed E-state index contributed by atoms with van der Waals surface area (Å²) < 4.78 is 6.85. The van der Waals surface area contributed by atoms with Crippen molar-refractivity contribution in [2.24, 2.45) is 5.73 Å². The van der Waals surface area contributed by atoms with Crippen molar-refractivity contribution in [3.8, 4) is 0 Å². The van der Waals surface area contributed by atoms with E-state index < -0.39 is 0 Å². The average Bonchev–Trinajstić information content (AvgIpc) is 2.98. The highest BCUT2D eigenvalue weighted by atomic mass is 16.5. The summed E-state index contributed by atoms with van der Waals surface area (Å²) in [5.41, 5.74) is 6.39. The number of nitrogens with two attached hydrogens (primary N) is 1. The van der Waals surface area contributed by atoms with E-state index in [1.54, 1.807) is 4.68 Å². The quantitative estimate of drug-likeness (QED) is 0.771. The number of hydrogen-bond acceptors (Lipinski definition) is 6. The molecule has 0 saturated heterocycles. The molecule has 2 aromatic heterocycles. The summed E-state index contributed by atoms with van der Waals surface area (Å²) >= 11 is 0. The molecule has 7 nitrogen and oxygen atoms in total. The Labute approximate surface area is 105 Å². The fourth-order valence-electron chi connectivity index (χ4n) is 1.63. The summed E-state index contributed by atoms with van der Waals surface area (Å²) in [6.07, 6.45) is 5.49. The minimum Gasteiger partial charge on any atom is -0.337 e. The molecule has 0 bridgehead atoms. The minimum atomic E-state index is 0.465. The maximum atomic E-state index is 5.45. The highest BCUT2D eigenvalue weighted by molar-refractivity contribution is 4.94. The van der Waals surface area contributed by atoms with Gasteiger partial charge >= 0.3 is 0 Å². The van der Waals surface area contributed by atoms with E-state index in [9.17, 15) is 0 Å². The maximum absolute atomic E-state index is 5.45. The third-order valence-corrected chi connectivity index (χ3v) is 2.50. The molecule has 2 heterocycles. The molecule has 2 N–H and O–H groups in total. The first kappa shape index (κ1) is 12.7. The van der Waals surface area contributed by atoms with Crippen LogP contribution >= 0.6 is 0 Å². The number of nitrogens with zero attached hydrogens (tertiary/aromatic N) is 5. The third kappa shape index (κ3) is 3.36. The van der Waals surface area contributed by atoms with Crippen molar-refractivity contribution < 1.29 is 4.52 Å². The zero-order chi connectivity index (χ0) is 12.8. The second-order valence-corrected chi connectivity index (χ2v) is 4.15. The molecule has 0 aliphatic heterocycles. The lowest BCUT2D eigenvalue weighted by Gasteiger charge is -1.93. The standard InChI is InChI=1S/C11H18N6O/c1-2-4-10-13-11(18-15-10)8-17-7-9(14-16-17)5-3-6-12/h7H,2-6,8,12H2,1H3. The van der Waals surface area contributed by atoms with E-state index in [-0.39, 0.29) is 0 Å². The van der Waals surface area contributed by atoms with Gasteiger partial charge in [-0.2, -0.15) is 4.98 Å². The molecular weight excluding hydrogens is 232 g/mol. The Morgan fingerprint density at radius 3 is 3.06 bits per heavy atom. The number of aromatic nitrogens is 5. The molecule has 0 aromatic carbocycles. The Bertz CT molecular complexity index is 477. The molecule has 0 saturated carbocycles. The van der Waals surface area contributed by atoms with Gasteiger partial charge in [0.25, 0.3) is 0 Å². The predicted octanol–water partition coefficient (Wildman–Crippen LogP) is 0.553. The molecule has 0 unspecified atom stereocenters. The molecule has 0 spiro atoms. The van der Waals surface area contributed by atoms with Crippen LogP contribution in [0.1, 0.15) is 37.2 Å². The molecule has 7 heteroatoms. The van der Waals surface area contributed by atoms with Crippen LogP contribution in [0.15, 0.2) is 10.7 Å². The zero-order valence-electron chi connectivity index (χ0n) is 10.5. The molecule has 0 aliphatic carbocycles. The lowest BCUT2D eigenvalue weighted by atomic mass is 10.2. The van der Waals surface area contributed by atoms with Crippen LogP contribution in [0.2, 0.25) is 0 Å². The van der Waals surface area contributed by atoms with E-state index in [0.717, 1.165) is 37.2 Å². The SMILES string of the molecule is CCCc1noc(Cn2cc(CCCN)nn2)n1. The van der Waals surface area contributed by atoms with E-state index in [0.29, 0.717) is 19.0 Å². The van der Waals surface area contributed by atoms with Gasteiger partial charge in [0.05, 0.1) is 5.69 Å². The average molecular weight is 250 g/mol. The first-order chi connectivity index (χ1) is 8.81. The molecular formula is C11H18N6O. The van der Waals surface area contributed by atoms with E-state index in [4.69, 9.17) is 10.3 Å². The Hall–Kier alpha value is -1.76. The lowest BCUT2D eigenvalue weighted by molar-refractivity contribution is 0.359. The van der Waals surface area contributed by atoms with Gasteiger partial charge < -0.3 is 10.3 Å². The summed E-state index contributed by atoms with van der Waals surface area (Å²) in [6.45, 7) is 3.21. The largest absolute Gasteiger partial charge is 0.337 e.